The Morgan fingerprint density at radius 2 is 1.87 bits per heavy atom. The summed E-state index contributed by atoms with van der Waals surface area (Å²) >= 11 is 0. The maximum atomic E-state index is 13.0. The Labute approximate surface area is 181 Å². The third-order valence-electron chi connectivity index (χ3n) is 5.48. The number of carbonyl (C=O) groups excluding carboxylic acids is 2. The van der Waals surface area contributed by atoms with Gasteiger partial charge in [-0.15, -0.1) is 0 Å². The van der Waals surface area contributed by atoms with Crippen molar-refractivity contribution in [1.29, 1.82) is 0 Å². The molecule has 0 aliphatic carbocycles. The van der Waals surface area contributed by atoms with Crippen molar-refractivity contribution in [2.24, 2.45) is 0 Å². The lowest BCUT2D eigenvalue weighted by Gasteiger charge is -2.34. The van der Waals surface area contributed by atoms with Crippen LogP contribution in [0.5, 0.6) is 0 Å². The summed E-state index contributed by atoms with van der Waals surface area (Å²) in [4.78, 5) is 40.7. The monoisotopic (exact) mass is 415 g/mol. The molecule has 1 aliphatic rings. The Bertz CT molecular complexity index is 1060. The molecule has 1 N–H and O–H groups in total. The van der Waals surface area contributed by atoms with Gasteiger partial charge < -0.3 is 10.2 Å². The van der Waals surface area contributed by atoms with E-state index in [1.807, 2.05) is 36.4 Å². The first-order valence-corrected chi connectivity index (χ1v) is 10.5. The first-order valence-electron chi connectivity index (χ1n) is 10.5. The molecule has 0 saturated carbocycles. The fourth-order valence-electron chi connectivity index (χ4n) is 3.82. The summed E-state index contributed by atoms with van der Waals surface area (Å²) in [6.45, 7) is 2.88. The number of piperidine rings is 1. The molecule has 0 spiro atoms. The number of carbonyl (C=O) groups is 2. The van der Waals surface area contributed by atoms with E-state index in [9.17, 15) is 9.59 Å². The van der Waals surface area contributed by atoms with Crippen molar-refractivity contribution in [2.45, 2.75) is 38.8 Å². The molecule has 0 unspecified atom stereocenters. The number of pyridine rings is 1. The van der Waals surface area contributed by atoms with E-state index in [1.54, 1.807) is 36.4 Å². The van der Waals surface area contributed by atoms with Gasteiger partial charge in [0.25, 0.3) is 11.8 Å². The fraction of sp³-hybridized carbons (Fsp3) is 0.292. The molecule has 31 heavy (non-hydrogen) atoms. The Morgan fingerprint density at radius 3 is 2.61 bits per heavy atom. The highest BCUT2D eigenvalue weighted by Crippen LogP contribution is 2.30. The lowest BCUT2D eigenvalue weighted by molar-refractivity contribution is 0.0593. The van der Waals surface area contributed by atoms with Crippen LogP contribution < -0.4 is 5.32 Å². The Hall–Kier alpha value is -3.61. The molecule has 1 atom stereocenters. The molecular formula is C24H25N5O2. The van der Waals surface area contributed by atoms with E-state index in [-0.39, 0.29) is 17.9 Å². The third kappa shape index (κ3) is 4.77. The second kappa shape index (κ2) is 9.47. The molecule has 3 heterocycles. The number of rotatable bonds is 5. The van der Waals surface area contributed by atoms with E-state index in [0.717, 1.165) is 24.8 Å². The molecule has 1 aliphatic heterocycles. The summed E-state index contributed by atoms with van der Waals surface area (Å²) in [5.41, 5.74) is 2.49. The molecule has 7 heteroatoms. The van der Waals surface area contributed by atoms with Gasteiger partial charge in [0.1, 0.15) is 5.69 Å². The lowest BCUT2D eigenvalue weighted by atomic mass is 10.0. The van der Waals surface area contributed by atoms with E-state index in [2.05, 4.69) is 20.3 Å². The number of nitrogens with zero attached hydrogens (tertiary/aromatic N) is 4. The van der Waals surface area contributed by atoms with Crippen LogP contribution in [0, 0.1) is 6.92 Å². The van der Waals surface area contributed by atoms with Gasteiger partial charge in [-0.3, -0.25) is 14.6 Å². The zero-order valence-electron chi connectivity index (χ0n) is 17.5. The topological polar surface area (TPSA) is 88.1 Å². The number of amides is 2. The van der Waals surface area contributed by atoms with E-state index in [4.69, 9.17) is 0 Å². The smallest absolute Gasteiger partial charge is 0.273 e. The summed E-state index contributed by atoms with van der Waals surface area (Å²) in [7, 11) is 0. The van der Waals surface area contributed by atoms with Crippen molar-refractivity contribution in [3.63, 3.8) is 0 Å². The van der Waals surface area contributed by atoms with Crippen LogP contribution in [0.2, 0.25) is 0 Å². The predicted molar refractivity (Wildman–Crippen MR) is 116 cm³/mol. The number of aryl methyl sites for hydroxylation is 1. The number of nitrogens with one attached hydrogen (secondary N) is 1. The summed E-state index contributed by atoms with van der Waals surface area (Å²) in [6.07, 6.45) is 5.91. The maximum Gasteiger partial charge on any atom is 0.273 e. The summed E-state index contributed by atoms with van der Waals surface area (Å²) in [6, 6.07) is 14.8. The third-order valence-corrected chi connectivity index (χ3v) is 5.48. The van der Waals surface area contributed by atoms with Crippen LogP contribution in [0.1, 0.15) is 63.2 Å². The van der Waals surface area contributed by atoms with E-state index >= 15 is 0 Å². The highest BCUT2D eigenvalue weighted by molar-refractivity contribution is 5.95. The number of hydrogen-bond acceptors (Lipinski definition) is 5. The van der Waals surface area contributed by atoms with Crippen molar-refractivity contribution >= 4 is 11.8 Å². The zero-order valence-corrected chi connectivity index (χ0v) is 17.5. The van der Waals surface area contributed by atoms with Gasteiger partial charge in [-0.05, 0) is 43.9 Å². The van der Waals surface area contributed by atoms with Crippen LogP contribution in [0.25, 0.3) is 0 Å². The molecule has 2 aromatic heterocycles. The average molecular weight is 415 g/mol. The SMILES string of the molecule is Cc1nc([C@@H]2CCCCN2C(=O)c2ccccn2)ncc1C(=O)NCc1ccccc1. The predicted octanol–water partition coefficient (Wildman–Crippen LogP) is 3.48. The molecule has 158 valence electrons. The molecule has 4 rings (SSSR count). The molecule has 0 radical (unpaired) electrons. The Balaban J connectivity index is 1.50. The second-order valence-corrected chi connectivity index (χ2v) is 7.62. The molecule has 1 aromatic carbocycles. The number of hydrogen-bond donors (Lipinski definition) is 1. The number of likely N-dealkylation sites (tertiary alicyclic amines) is 1. The number of aromatic nitrogens is 3. The van der Waals surface area contributed by atoms with Crippen molar-refractivity contribution in [3.8, 4) is 0 Å². The first-order chi connectivity index (χ1) is 15.1. The van der Waals surface area contributed by atoms with Crippen LogP contribution in [0.4, 0.5) is 0 Å². The highest BCUT2D eigenvalue weighted by atomic mass is 16.2. The van der Waals surface area contributed by atoms with Gasteiger partial charge in [0.15, 0.2) is 5.82 Å². The molecule has 2 amide bonds. The zero-order chi connectivity index (χ0) is 21.6. The molecule has 0 bridgehead atoms. The first kappa shape index (κ1) is 20.7. The van der Waals surface area contributed by atoms with Gasteiger partial charge in [0.05, 0.1) is 17.3 Å². The minimum absolute atomic E-state index is 0.115. The molecule has 7 nitrogen and oxygen atoms in total. The molecule has 1 fully saturated rings. The van der Waals surface area contributed by atoms with Crippen molar-refractivity contribution in [2.75, 3.05) is 6.54 Å². The Morgan fingerprint density at radius 1 is 1.06 bits per heavy atom. The van der Waals surface area contributed by atoms with E-state index in [0.29, 0.717) is 35.9 Å². The van der Waals surface area contributed by atoms with Crippen molar-refractivity contribution in [1.82, 2.24) is 25.2 Å². The van der Waals surface area contributed by atoms with Crippen molar-refractivity contribution in [3.05, 3.63) is 89.3 Å². The standard InChI is InChI=1S/C24H25N5O2/c1-17-19(23(30)27-15-18-9-3-2-4-10-18)16-26-22(28-17)21-12-6-8-14-29(21)24(31)20-11-5-7-13-25-20/h2-5,7,9-11,13,16,21H,6,8,12,14-15H2,1H3,(H,27,30)/t21-/m0/s1. The molecule has 3 aromatic rings. The van der Waals surface area contributed by atoms with Gasteiger partial charge in [0.2, 0.25) is 0 Å². The van der Waals surface area contributed by atoms with Crippen LogP contribution in [0.3, 0.4) is 0 Å². The maximum absolute atomic E-state index is 13.0. The largest absolute Gasteiger partial charge is 0.348 e. The lowest BCUT2D eigenvalue weighted by Crippen LogP contribution is -2.39. The van der Waals surface area contributed by atoms with Crippen LogP contribution >= 0.6 is 0 Å². The van der Waals surface area contributed by atoms with E-state index in [1.165, 1.54) is 0 Å². The highest BCUT2D eigenvalue weighted by Gasteiger charge is 2.31. The fourth-order valence-corrected chi connectivity index (χ4v) is 3.82. The quantitative estimate of drug-likeness (QED) is 0.689. The van der Waals surface area contributed by atoms with Crippen LogP contribution in [0.15, 0.2) is 60.9 Å². The number of benzene rings is 1. The molecule has 1 saturated heterocycles. The average Bonchev–Trinajstić information content (AvgIpc) is 2.83. The minimum Gasteiger partial charge on any atom is -0.348 e. The van der Waals surface area contributed by atoms with Crippen LogP contribution in [-0.4, -0.2) is 38.2 Å². The van der Waals surface area contributed by atoms with Gasteiger partial charge in [-0.2, -0.15) is 0 Å². The van der Waals surface area contributed by atoms with Gasteiger partial charge in [0, 0.05) is 25.5 Å². The summed E-state index contributed by atoms with van der Waals surface area (Å²) in [5, 5.41) is 2.91. The van der Waals surface area contributed by atoms with E-state index < -0.39 is 0 Å². The minimum atomic E-state index is -0.219. The van der Waals surface area contributed by atoms with Gasteiger partial charge in [-0.25, -0.2) is 9.97 Å². The summed E-state index contributed by atoms with van der Waals surface area (Å²) < 4.78 is 0. The Kier molecular flexibility index (Phi) is 6.31. The van der Waals surface area contributed by atoms with Crippen LogP contribution in [-0.2, 0) is 6.54 Å². The second-order valence-electron chi connectivity index (χ2n) is 7.62. The molecular weight excluding hydrogens is 390 g/mol. The van der Waals surface area contributed by atoms with Gasteiger partial charge in [-0.1, -0.05) is 36.4 Å². The van der Waals surface area contributed by atoms with Crippen molar-refractivity contribution < 1.29 is 9.59 Å². The van der Waals surface area contributed by atoms with Gasteiger partial charge >= 0.3 is 0 Å². The normalized spacial score (nSPS) is 16.0. The summed E-state index contributed by atoms with van der Waals surface area (Å²) in [5.74, 6) is 0.246.